The number of rotatable bonds is 7. The van der Waals surface area contributed by atoms with Gasteiger partial charge in [-0.1, -0.05) is 19.9 Å². The summed E-state index contributed by atoms with van der Waals surface area (Å²) in [6.45, 7) is 6.91. The van der Waals surface area contributed by atoms with E-state index in [1.54, 1.807) is 12.1 Å². The first-order valence-electron chi connectivity index (χ1n) is 7.48. The van der Waals surface area contributed by atoms with Gasteiger partial charge in [0, 0.05) is 25.3 Å². The summed E-state index contributed by atoms with van der Waals surface area (Å²) in [6, 6.07) is 6.33. The molecule has 0 saturated carbocycles. The third-order valence-corrected chi connectivity index (χ3v) is 3.16. The van der Waals surface area contributed by atoms with Gasteiger partial charge in [-0.3, -0.25) is 4.99 Å². The fourth-order valence-electron chi connectivity index (χ4n) is 1.60. The lowest BCUT2D eigenvalue weighted by molar-refractivity contribution is 0.392. The zero-order valence-electron chi connectivity index (χ0n) is 14.0. The average Bonchev–Trinajstić information content (AvgIpc) is 2.44. The second-order valence-corrected chi connectivity index (χ2v) is 6.40. The standard InChI is InChI=1S/C16H28FN5/c1-16(2,11-18)12-20-15(19-8-9-22(3)4)21-14-7-5-6-13(17)10-14/h5-7,10H,8-9,11-12,18H2,1-4H3,(H2,19,20,21). The van der Waals surface area contributed by atoms with Crippen LogP contribution < -0.4 is 16.4 Å². The molecule has 5 nitrogen and oxygen atoms in total. The Morgan fingerprint density at radius 3 is 2.68 bits per heavy atom. The highest BCUT2D eigenvalue weighted by Crippen LogP contribution is 2.13. The van der Waals surface area contributed by atoms with Crippen molar-refractivity contribution in [2.24, 2.45) is 16.1 Å². The molecule has 0 amide bonds. The number of benzene rings is 1. The Kier molecular flexibility index (Phi) is 7.27. The summed E-state index contributed by atoms with van der Waals surface area (Å²) < 4.78 is 13.3. The van der Waals surface area contributed by atoms with Gasteiger partial charge in [0.25, 0.3) is 0 Å². The molecule has 6 heteroatoms. The van der Waals surface area contributed by atoms with Crippen LogP contribution in [0.2, 0.25) is 0 Å². The first-order valence-corrected chi connectivity index (χ1v) is 7.48. The molecule has 0 saturated heterocycles. The van der Waals surface area contributed by atoms with Gasteiger partial charge in [-0.15, -0.1) is 0 Å². The fraction of sp³-hybridized carbons (Fsp3) is 0.562. The van der Waals surface area contributed by atoms with Crippen LogP contribution in [0.5, 0.6) is 0 Å². The molecule has 1 aromatic carbocycles. The van der Waals surface area contributed by atoms with Crippen molar-refractivity contribution in [2.45, 2.75) is 13.8 Å². The largest absolute Gasteiger partial charge is 0.355 e. The van der Waals surface area contributed by atoms with Gasteiger partial charge in [0.2, 0.25) is 0 Å². The first-order chi connectivity index (χ1) is 10.3. The van der Waals surface area contributed by atoms with Gasteiger partial charge >= 0.3 is 0 Å². The molecule has 0 unspecified atom stereocenters. The number of anilines is 1. The zero-order chi connectivity index (χ0) is 16.6. The molecular formula is C16H28FN5. The van der Waals surface area contributed by atoms with Crippen LogP contribution in [-0.2, 0) is 0 Å². The van der Waals surface area contributed by atoms with Crippen LogP contribution in [0.4, 0.5) is 10.1 Å². The minimum absolute atomic E-state index is 0.0713. The molecule has 0 fully saturated rings. The van der Waals surface area contributed by atoms with Gasteiger partial charge in [-0.2, -0.15) is 0 Å². The predicted molar refractivity (Wildman–Crippen MR) is 91.7 cm³/mol. The summed E-state index contributed by atoms with van der Waals surface area (Å²) in [7, 11) is 4.02. The molecule has 0 atom stereocenters. The molecule has 0 aliphatic rings. The molecule has 0 radical (unpaired) electrons. The van der Waals surface area contributed by atoms with Crippen molar-refractivity contribution in [3.05, 3.63) is 30.1 Å². The maximum absolute atomic E-state index is 13.3. The number of hydrogen-bond donors (Lipinski definition) is 3. The number of guanidine groups is 1. The van der Waals surface area contributed by atoms with E-state index in [0.29, 0.717) is 24.7 Å². The molecule has 0 aliphatic carbocycles. The predicted octanol–water partition coefficient (Wildman–Crippen LogP) is 1.73. The SMILES string of the molecule is CN(C)CCNC(=NCC(C)(C)CN)Nc1cccc(F)c1. The third kappa shape index (κ3) is 7.38. The summed E-state index contributed by atoms with van der Waals surface area (Å²) in [4.78, 5) is 6.64. The molecule has 4 N–H and O–H groups in total. The molecule has 0 aromatic heterocycles. The van der Waals surface area contributed by atoms with Crippen LogP contribution in [0.15, 0.2) is 29.3 Å². The highest BCUT2D eigenvalue weighted by molar-refractivity contribution is 5.93. The number of nitrogens with one attached hydrogen (secondary N) is 2. The highest BCUT2D eigenvalue weighted by atomic mass is 19.1. The Balaban J connectivity index is 2.74. The Bertz CT molecular complexity index is 485. The lowest BCUT2D eigenvalue weighted by atomic mass is 9.94. The normalized spacial score (nSPS) is 12.6. The molecule has 124 valence electrons. The van der Waals surface area contributed by atoms with Gasteiger partial charge in [0.15, 0.2) is 5.96 Å². The Hall–Kier alpha value is -1.66. The van der Waals surface area contributed by atoms with Gasteiger partial charge in [-0.05, 0) is 44.3 Å². The number of aliphatic imine (C=N–C) groups is 1. The highest BCUT2D eigenvalue weighted by Gasteiger charge is 2.15. The molecule has 22 heavy (non-hydrogen) atoms. The zero-order valence-corrected chi connectivity index (χ0v) is 14.0. The second kappa shape index (κ2) is 8.70. The van der Waals surface area contributed by atoms with Crippen molar-refractivity contribution in [1.82, 2.24) is 10.2 Å². The molecule has 0 heterocycles. The van der Waals surface area contributed by atoms with E-state index in [2.05, 4.69) is 34.4 Å². The Labute approximate surface area is 132 Å². The van der Waals surface area contributed by atoms with Gasteiger partial charge in [-0.25, -0.2) is 4.39 Å². The topological polar surface area (TPSA) is 65.7 Å². The van der Waals surface area contributed by atoms with Crippen LogP contribution >= 0.6 is 0 Å². The van der Waals surface area contributed by atoms with Crippen LogP contribution in [0.25, 0.3) is 0 Å². The lowest BCUT2D eigenvalue weighted by Crippen LogP contribution is -2.37. The number of nitrogens with two attached hydrogens (primary N) is 1. The van der Waals surface area contributed by atoms with Crippen molar-refractivity contribution >= 4 is 11.6 Å². The van der Waals surface area contributed by atoms with E-state index in [4.69, 9.17) is 5.73 Å². The minimum Gasteiger partial charge on any atom is -0.355 e. The van der Waals surface area contributed by atoms with Crippen molar-refractivity contribution < 1.29 is 4.39 Å². The summed E-state index contributed by atoms with van der Waals surface area (Å²) in [6.07, 6.45) is 0. The van der Waals surface area contributed by atoms with Crippen molar-refractivity contribution in [3.8, 4) is 0 Å². The van der Waals surface area contributed by atoms with Crippen LogP contribution in [-0.4, -0.2) is 51.1 Å². The van der Waals surface area contributed by atoms with Crippen molar-refractivity contribution in [3.63, 3.8) is 0 Å². The third-order valence-electron chi connectivity index (χ3n) is 3.16. The smallest absolute Gasteiger partial charge is 0.195 e. The summed E-state index contributed by atoms with van der Waals surface area (Å²) >= 11 is 0. The van der Waals surface area contributed by atoms with Gasteiger partial charge in [0.1, 0.15) is 5.82 Å². The molecule has 0 bridgehead atoms. The van der Waals surface area contributed by atoms with Gasteiger partial charge in [0.05, 0.1) is 0 Å². The van der Waals surface area contributed by atoms with Crippen LogP contribution in [0, 0.1) is 11.2 Å². The molecular weight excluding hydrogens is 281 g/mol. The first kappa shape index (κ1) is 18.4. The maximum Gasteiger partial charge on any atom is 0.195 e. The number of likely N-dealkylation sites (N-methyl/N-ethyl adjacent to an activating group) is 1. The number of hydrogen-bond acceptors (Lipinski definition) is 3. The molecule has 0 spiro atoms. The monoisotopic (exact) mass is 309 g/mol. The summed E-state index contributed by atoms with van der Waals surface area (Å²) in [5, 5.41) is 6.38. The quantitative estimate of drug-likeness (QED) is 0.530. The van der Waals surface area contributed by atoms with Crippen LogP contribution in [0.3, 0.4) is 0 Å². The lowest BCUT2D eigenvalue weighted by Gasteiger charge is -2.21. The van der Waals surface area contributed by atoms with Crippen molar-refractivity contribution in [1.29, 1.82) is 0 Å². The molecule has 1 rings (SSSR count). The second-order valence-electron chi connectivity index (χ2n) is 6.40. The van der Waals surface area contributed by atoms with E-state index in [-0.39, 0.29) is 11.2 Å². The maximum atomic E-state index is 13.3. The van der Waals surface area contributed by atoms with Crippen LogP contribution in [0.1, 0.15) is 13.8 Å². The number of nitrogens with zero attached hydrogens (tertiary/aromatic N) is 2. The Morgan fingerprint density at radius 2 is 2.09 bits per heavy atom. The molecule has 0 aliphatic heterocycles. The summed E-state index contributed by atoms with van der Waals surface area (Å²) in [5.74, 6) is 0.355. The van der Waals surface area contributed by atoms with E-state index in [9.17, 15) is 4.39 Å². The van der Waals surface area contributed by atoms with Crippen molar-refractivity contribution in [2.75, 3.05) is 45.6 Å². The Morgan fingerprint density at radius 1 is 1.36 bits per heavy atom. The average molecular weight is 309 g/mol. The van der Waals surface area contributed by atoms with E-state index in [1.165, 1.54) is 12.1 Å². The summed E-state index contributed by atoms with van der Waals surface area (Å²) in [5.41, 5.74) is 6.34. The number of halogens is 1. The molecule has 1 aromatic rings. The van der Waals surface area contributed by atoms with E-state index < -0.39 is 0 Å². The van der Waals surface area contributed by atoms with E-state index in [1.807, 2.05) is 14.1 Å². The van der Waals surface area contributed by atoms with E-state index in [0.717, 1.165) is 13.1 Å². The fourth-order valence-corrected chi connectivity index (χ4v) is 1.60. The van der Waals surface area contributed by atoms with Gasteiger partial charge < -0.3 is 21.3 Å². The minimum atomic E-state index is -0.278. The van der Waals surface area contributed by atoms with E-state index >= 15 is 0 Å².